The van der Waals surface area contributed by atoms with Crippen LogP contribution in [-0.2, 0) is 13.1 Å². The first-order valence-corrected chi connectivity index (χ1v) is 11.6. The molecule has 1 unspecified atom stereocenters. The maximum absolute atomic E-state index is 11.5. The summed E-state index contributed by atoms with van der Waals surface area (Å²) in [6, 6.07) is 15.3. The number of nitrogens with zero attached hydrogens (tertiary/aromatic N) is 5. The highest BCUT2D eigenvalue weighted by Crippen LogP contribution is 2.26. The van der Waals surface area contributed by atoms with Gasteiger partial charge in [-0.05, 0) is 48.4 Å². The van der Waals surface area contributed by atoms with Crippen LogP contribution in [0.2, 0.25) is 0 Å². The van der Waals surface area contributed by atoms with Crippen molar-refractivity contribution in [2.45, 2.75) is 32.3 Å². The van der Waals surface area contributed by atoms with Crippen LogP contribution in [0.4, 0.5) is 5.69 Å². The van der Waals surface area contributed by atoms with Gasteiger partial charge in [0.25, 0.3) is 5.91 Å². The topological polar surface area (TPSA) is 107 Å². The molecular formula is C26H28N6O3. The number of aliphatic hydroxyl groups is 1. The van der Waals surface area contributed by atoms with Gasteiger partial charge in [0.1, 0.15) is 11.9 Å². The molecule has 0 radical (unpaired) electrons. The average Bonchev–Trinajstić information content (AvgIpc) is 3.28. The second-order valence-electron chi connectivity index (χ2n) is 8.96. The molecule has 9 nitrogen and oxygen atoms in total. The SMILES string of the molecule is C[C@@H]1CN(c2cnc3c(ccn3Cc3ccc(C(=O)NO)cc3)c2)CC(O)N1Cc1cccnc1. The minimum Gasteiger partial charge on any atom is -0.376 e. The number of piperazine rings is 1. The van der Waals surface area contributed by atoms with Gasteiger partial charge in [-0.15, -0.1) is 0 Å². The number of amides is 1. The van der Waals surface area contributed by atoms with E-state index in [0.717, 1.165) is 34.4 Å². The Hall–Kier alpha value is -3.79. The van der Waals surface area contributed by atoms with Gasteiger partial charge >= 0.3 is 0 Å². The fraction of sp³-hybridized carbons (Fsp3) is 0.269. The average molecular weight is 473 g/mol. The van der Waals surface area contributed by atoms with Crippen molar-refractivity contribution >= 4 is 22.6 Å². The van der Waals surface area contributed by atoms with Gasteiger partial charge in [0.15, 0.2) is 0 Å². The molecule has 5 rings (SSSR count). The second kappa shape index (κ2) is 9.83. The van der Waals surface area contributed by atoms with E-state index in [9.17, 15) is 9.90 Å². The number of nitrogens with one attached hydrogen (secondary N) is 1. The zero-order valence-electron chi connectivity index (χ0n) is 19.5. The minimum atomic E-state index is -0.588. The Morgan fingerprint density at radius 1 is 1.09 bits per heavy atom. The lowest BCUT2D eigenvalue weighted by Gasteiger charge is -2.44. The number of aliphatic hydroxyl groups excluding tert-OH is 1. The Balaban J connectivity index is 1.29. The largest absolute Gasteiger partial charge is 0.376 e. The van der Waals surface area contributed by atoms with Crippen molar-refractivity contribution < 1.29 is 15.1 Å². The molecule has 180 valence electrons. The number of pyridine rings is 2. The smallest absolute Gasteiger partial charge is 0.274 e. The molecule has 1 aliphatic rings. The maximum atomic E-state index is 11.5. The zero-order chi connectivity index (χ0) is 24.4. The number of hydrogen-bond acceptors (Lipinski definition) is 7. The van der Waals surface area contributed by atoms with Gasteiger partial charge in [0, 0.05) is 55.2 Å². The fourth-order valence-corrected chi connectivity index (χ4v) is 4.66. The summed E-state index contributed by atoms with van der Waals surface area (Å²) in [5.41, 5.74) is 6.00. The summed E-state index contributed by atoms with van der Waals surface area (Å²) in [6.07, 6.45) is 6.87. The molecule has 0 bridgehead atoms. The number of rotatable bonds is 6. The van der Waals surface area contributed by atoms with Crippen molar-refractivity contribution in [1.29, 1.82) is 0 Å². The molecule has 1 aromatic carbocycles. The van der Waals surface area contributed by atoms with E-state index in [-0.39, 0.29) is 6.04 Å². The molecule has 2 atom stereocenters. The molecule has 9 heteroatoms. The quantitative estimate of drug-likeness (QED) is 0.293. The van der Waals surface area contributed by atoms with E-state index in [2.05, 4.69) is 32.3 Å². The first kappa shape index (κ1) is 23.0. The van der Waals surface area contributed by atoms with E-state index in [4.69, 9.17) is 10.2 Å². The number of carbonyl (C=O) groups is 1. The molecule has 3 N–H and O–H groups in total. The predicted octanol–water partition coefficient (Wildman–Crippen LogP) is 2.63. The molecule has 4 aromatic rings. The van der Waals surface area contributed by atoms with E-state index in [1.807, 2.05) is 48.9 Å². The maximum Gasteiger partial charge on any atom is 0.274 e. The third-order valence-electron chi connectivity index (χ3n) is 6.53. The molecule has 4 heterocycles. The lowest BCUT2D eigenvalue weighted by Crippen LogP contribution is -2.57. The van der Waals surface area contributed by atoms with E-state index in [1.165, 1.54) is 0 Å². The van der Waals surface area contributed by atoms with Crippen LogP contribution in [0.25, 0.3) is 11.0 Å². The normalized spacial score (nSPS) is 18.7. The number of aromatic nitrogens is 3. The van der Waals surface area contributed by atoms with Gasteiger partial charge in [-0.25, -0.2) is 10.5 Å². The highest BCUT2D eigenvalue weighted by Gasteiger charge is 2.31. The van der Waals surface area contributed by atoms with Crippen molar-refractivity contribution in [3.63, 3.8) is 0 Å². The summed E-state index contributed by atoms with van der Waals surface area (Å²) in [5, 5.41) is 20.7. The van der Waals surface area contributed by atoms with Crippen LogP contribution in [0.15, 0.2) is 73.3 Å². The van der Waals surface area contributed by atoms with E-state index in [1.54, 1.807) is 23.8 Å². The summed E-state index contributed by atoms with van der Waals surface area (Å²) in [5.74, 6) is -0.533. The molecule has 1 saturated heterocycles. The van der Waals surface area contributed by atoms with Gasteiger partial charge in [0.2, 0.25) is 0 Å². The fourth-order valence-electron chi connectivity index (χ4n) is 4.66. The molecule has 0 saturated carbocycles. The molecule has 1 aliphatic heterocycles. The number of β-amino-alcohol motifs (C(OH)–C–C–N with tert-alkyl or cyclic N) is 1. The van der Waals surface area contributed by atoms with Crippen molar-refractivity contribution in [2.75, 3.05) is 18.0 Å². The van der Waals surface area contributed by atoms with Gasteiger partial charge in [-0.2, -0.15) is 0 Å². The molecule has 1 fully saturated rings. The van der Waals surface area contributed by atoms with Crippen LogP contribution in [0.5, 0.6) is 0 Å². The van der Waals surface area contributed by atoms with Crippen LogP contribution in [-0.4, -0.2) is 61.0 Å². The Labute approximate surface area is 203 Å². The summed E-state index contributed by atoms with van der Waals surface area (Å²) in [7, 11) is 0. The van der Waals surface area contributed by atoms with Crippen LogP contribution in [0, 0.1) is 0 Å². The highest BCUT2D eigenvalue weighted by atomic mass is 16.5. The summed E-state index contributed by atoms with van der Waals surface area (Å²) < 4.78 is 2.06. The van der Waals surface area contributed by atoms with Crippen molar-refractivity contribution in [1.82, 2.24) is 24.9 Å². The molecular weight excluding hydrogens is 444 g/mol. The number of hydrogen-bond donors (Lipinski definition) is 3. The van der Waals surface area contributed by atoms with Gasteiger partial charge < -0.3 is 14.6 Å². The van der Waals surface area contributed by atoms with Crippen LogP contribution in [0.3, 0.4) is 0 Å². The monoisotopic (exact) mass is 472 g/mol. The van der Waals surface area contributed by atoms with Crippen LogP contribution in [0.1, 0.15) is 28.4 Å². The van der Waals surface area contributed by atoms with Gasteiger partial charge in [-0.3, -0.25) is 19.9 Å². The van der Waals surface area contributed by atoms with E-state index in [0.29, 0.717) is 25.2 Å². The number of hydroxylamine groups is 1. The molecule has 0 aliphatic carbocycles. The van der Waals surface area contributed by atoms with Crippen molar-refractivity contribution in [2.24, 2.45) is 0 Å². The van der Waals surface area contributed by atoms with Gasteiger partial charge in [0.05, 0.1) is 18.4 Å². The van der Waals surface area contributed by atoms with Crippen molar-refractivity contribution in [3.05, 3.63) is 90.0 Å². The highest BCUT2D eigenvalue weighted by molar-refractivity contribution is 5.93. The lowest BCUT2D eigenvalue weighted by molar-refractivity contribution is -0.0364. The first-order chi connectivity index (χ1) is 17.0. The molecule has 1 amide bonds. The number of carbonyl (C=O) groups excluding carboxylic acids is 1. The molecule has 0 spiro atoms. The summed E-state index contributed by atoms with van der Waals surface area (Å²) in [6.45, 7) is 4.70. The molecule has 35 heavy (non-hydrogen) atoms. The third-order valence-corrected chi connectivity index (χ3v) is 6.53. The Kier molecular flexibility index (Phi) is 6.45. The standard InChI is InChI=1S/C26H28N6O3/c1-18-14-31(17-24(33)32(18)16-20-3-2-9-27-12-20)23-11-22-8-10-30(25(22)28-13-23)15-19-4-6-21(7-5-19)26(34)29-35/h2-13,18,24,33,35H,14-17H2,1H3,(H,29,34)/t18-,24?/m1/s1. The Morgan fingerprint density at radius 2 is 1.91 bits per heavy atom. The predicted molar refractivity (Wildman–Crippen MR) is 132 cm³/mol. The lowest BCUT2D eigenvalue weighted by atomic mass is 10.1. The third kappa shape index (κ3) is 4.88. The Morgan fingerprint density at radius 3 is 2.63 bits per heavy atom. The molecule has 3 aromatic heterocycles. The minimum absolute atomic E-state index is 0.162. The Bertz CT molecular complexity index is 1300. The number of anilines is 1. The van der Waals surface area contributed by atoms with Crippen LogP contribution < -0.4 is 10.4 Å². The van der Waals surface area contributed by atoms with E-state index >= 15 is 0 Å². The number of fused-ring (bicyclic) bond motifs is 1. The number of benzene rings is 1. The zero-order valence-corrected chi connectivity index (χ0v) is 19.5. The van der Waals surface area contributed by atoms with E-state index < -0.39 is 12.1 Å². The second-order valence-corrected chi connectivity index (χ2v) is 8.96. The first-order valence-electron chi connectivity index (χ1n) is 11.6. The summed E-state index contributed by atoms with van der Waals surface area (Å²) >= 11 is 0. The van der Waals surface area contributed by atoms with Crippen LogP contribution >= 0.6 is 0 Å². The summed E-state index contributed by atoms with van der Waals surface area (Å²) in [4.78, 5) is 24.7. The van der Waals surface area contributed by atoms with Crippen molar-refractivity contribution in [3.8, 4) is 0 Å². The van der Waals surface area contributed by atoms with Gasteiger partial charge in [-0.1, -0.05) is 18.2 Å².